The van der Waals surface area contributed by atoms with E-state index in [1.54, 1.807) is 0 Å². The van der Waals surface area contributed by atoms with Gasteiger partial charge in [-0.2, -0.15) is 0 Å². The molecular formula is C50H33NO2. The van der Waals surface area contributed by atoms with Crippen molar-refractivity contribution in [3.05, 3.63) is 199 Å². The fourth-order valence-electron chi connectivity index (χ4n) is 8.75. The molecule has 2 heterocycles. The summed E-state index contributed by atoms with van der Waals surface area (Å²) in [5.41, 5.74) is 15.1. The number of hydrogen-bond donors (Lipinski definition) is 0. The topological polar surface area (TPSA) is 29.5 Å². The summed E-state index contributed by atoms with van der Waals surface area (Å²) in [7, 11) is 0. The fraction of sp³-hybridized carbons (Fsp3) is 0.0400. The monoisotopic (exact) mass is 679 g/mol. The Balaban J connectivity index is 1.11. The minimum absolute atomic E-state index is 0.300. The average Bonchev–Trinajstić information content (AvgIpc) is 3.87. The fourth-order valence-corrected chi connectivity index (χ4v) is 8.75. The Kier molecular flexibility index (Phi) is 6.38. The maximum absolute atomic E-state index is 6.62. The van der Waals surface area contributed by atoms with E-state index in [0.717, 1.165) is 60.9 Å². The number of furan rings is 2. The zero-order valence-electron chi connectivity index (χ0n) is 29.1. The Morgan fingerprint density at radius 1 is 0.415 bits per heavy atom. The zero-order valence-corrected chi connectivity index (χ0v) is 29.1. The molecule has 2 aromatic heterocycles. The van der Waals surface area contributed by atoms with Gasteiger partial charge in [0, 0.05) is 38.3 Å². The molecule has 1 aliphatic rings. The van der Waals surface area contributed by atoms with Crippen LogP contribution in [-0.2, 0) is 5.41 Å². The quantitative estimate of drug-likeness (QED) is 0.181. The van der Waals surface area contributed by atoms with Crippen LogP contribution in [0.25, 0.3) is 66.1 Å². The zero-order chi connectivity index (χ0) is 35.1. The highest BCUT2D eigenvalue weighted by molar-refractivity contribution is 6.11. The molecule has 0 radical (unpaired) electrons. The molecule has 0 atom stereocenters. The normalized spacial score (nSPS) is 13.2. The molecule has 0 amide bonds. The molecule has 53 heavy (non-hydrogen) atoms. The molecule has 0 saturated carbocycles. The van der Waals surface area contributed by atoms with Crippen LogP contribution in [0.15, 0.2) is 191 Å². The van der Waals surface area contributed by atoms with Crippen LogP contribution in [0.1, 0.15) is 23.6 Å². The SMILES string of the molecule is CC1(c2ccc3oc4ccc(N(c5ccc(-c6ccccc6)cc5)c5cccc6c5oc5ccccc56)cc4c3c2)c2ccccc2-c2ccccc21. The minimum Gasteiger partial charge on any atom is -0.456 e. The molecule has 1 aliphatic carbocycles. The van der Waals surface area contributed by atoms with Crippen molar-refractivity contribution in [1.29, 1.82) is 0 Å². The van der Waals surface area contributed by atoms with Gasteiger partial charge in [0.1, 0.15) is 16.7 Å². The van der Waals surface area contributed by atoms with Crippen molar-refractivity contribution in [2.45, 2.75) is 12.3 Å². The van der Waals surface area contributed by atoms with E-state index in [1.165, 1.54) is 38.9 Å². The molecular weight excluding hydrogens is 647 g/mol. The average molecular weight is 680 g/mol. The van der Waals surface area contributed by atoms with Crippen molar-refractivity contribution in [2.24, 2.45) is 0 Å². The van der Waals surface area contributed by atoms with E-state index >= 15 is 0 Å². The van der Waals surface area contributed by atoms with Gasteiger partial charge in [-0.15, -0.1) is 0 Å². The number of para-hydroxylation sites is 2. The Morgan fingerprint density at radius 3 is 1.77 bits per heavy atom. The van der Waals surface area contributed by atoms with Gasteiger partial charge in [0.05, 0.1) is 5.69 Å². The molecule has 0 bridgehead atoms. The molecule has 0 unspecified atom stereocenters. The molecule has 3 heteroatoms. The molecule has 0 fully saturated rings. The van der Waals surface area contributed by atoms with Gasteiger partial charge in [0.15, 0.2) is 5.58 Å². The summed E-state index contributed by atoms with van der Waals surface area (Å²) < 4.78 is 13.2. The predicted octanol–water partition coefficient (Wildman–Crippen LogP) is 14.0. The Morgan fingerprint density at radius 2 is 1.00 bits per heavy atom. The summed E-state index contributed by atoms with van der Waals surface area (Å²) in [4.78, 5) is 2.31. The van der Waals surface area contributed by atoms with Gasteiger partial charge in [0.2, 0.25) is 0 Å². The van der Waals surface area contributed by atoms with Crippen LogP contribution in [0.3, 0.4) is 0 Å². The molecule has 10 aromatic rings. The minimum atomic E-state index is -0.300. The maximum atomic E-state index is 6.62. The van der Waals surface area contributed by atoms with E-state index in [2.05, 4.69) is 182 Å². The lowest BCUT2D eigenvalue weighted by molar-refractivity contribution is 0.667. The predicted molar refractivity (Wildman–Crippen MR) is 219 cm³/mol. The van der Waals surface area contributed by atoms with Crippen LogP contribution >= 0.6 is 0 Å². The summed E-state index contributed by atoms with van der Waals surface area (Å²) in [6.07, 6.45) is 0. The first-order chi connectivity index (χ1) is 26.1. The molecule has 0 aliphatic heterocycles. The molecule has 0 saturated heterocycles. The Bertz CT molecular complexity index is 2980. The Hall–Kier alpha value is -6.84. The maximum Gasteiger partial charge on any atom is 0.159 e. The first kappa shape index (κ1) is 29.8. The van der Waals surface area contributed by atoms with E-state index in [9.17, 15) is 0 Å². The van der Waals surface area contributed by atoms with Gasteiger partial charge in [-0.25, -0.2) is 0 Å². The first-order valence-electron chi connectivity index (χ1n) is 18.2. The van der Waals surface area contributed by atoms with E-state index < -0.39 is 0 Å². The van der Waals surface area contributed by atoms with Gasteiger partial charge in [-0.1, -0.05) is 127 Å². The molecule has 0 N–H and O–H groups in total. The van der Waals surface area contributed by atoms with Gasteiger partial charge < -0.3 is 13.7 Å². The van der Waals surface area contributed by atoms with Crippen molar-refractivity contribution in [3.8, 4) is 22.3 Å². The summed E-state index contributed by atoms with van der Waals surface area (Å²) in [6, 6.07) is 65.0. The second kappa shape index (κ2) is 11.3. The standard InChI is InChI=1S/C50H33NO2/c1-50(43-18-8-5-14-37(43)38-15-6-9-19-44(38)50)34-24-28-47-41(30-34)42-31-36(27-29-48(42)52-47)51(35-25-22-33(23-26-35)32-12-3-2-4-13-32)45-20-11-17-40-39-16-7-10-21-46(39)53-49(40)45/h2-31H,1H3. The number of benzene rings is 8. The summed E-state index contributed by atoms with van der Waals surface area (Å²) >= 11 is 0. The van der Waals surface area contributed by atoms with Crippen LogP contribution in [0.4, 0.5) is 17.1 Å². The highest BCUT2D eigenvalue weighted by Crippen LogP contribution is 2.53. The number of hydrogen-bond acceptors (Lipinski definition) is 3. The Labute approximate surface area is 307 Å². The highest BCUT2D eigenvalue weighted by Gasteiger charge is 2.40. The van der Waals surface area contributed by atoms with Crippen LogP contribution < -0.4 is 4.90 Å². The lowest BCUT2D eigenvalue weighted by Gasteiger charge is -2.28. The van der Waals surface area contributed by atoms with Crippen LogP contribution in [0.5, 0.6) is 0 Å². The number of anilines is 3. The molecule has 11 rings (SSSR count). The van der Waals surface area contributed by atoms with Crippen molar-refractivity contribution in [3.63, 3.8) is 0 Å². The second-order valence-electron chi connectivity index (χ2n) is 14.2. The van der Waals surface area contributed by atoms with Crippen molar-refractivity contribution in [2.75, 3.05) is 4.90 Å². The summed E-state index contributed by atoms with van der Waals surface area (Å²) in [5.74, 6) is 0. The lowest BCUT2D eigenvalue weighted by atomic mass is 9.74. The molecule has 0 spiro atoms. The van der Waals surface area contributed by atoms with Gasteiger partial charge in [-0.05, 0) is 100 Å². The van der Waals surface area contributed by atoms with Crippen LogP contribution in [-0.4, -0.2) is 0 Å². The molecule has 250 valence electrons. The third kappa shape index (κ3) is 4.41. The smallest absolute Gasteiger partial charge is 0.159 e. The summed E-state index contributed by atoms with van der Waals surface area (Å²) in [6.45, 7) is 2.36. The summed E-state index contributed by atoms with van der Waals surface area (Å²) in [5, 5.41) is 4.37. The third-order valence-corrected chi connectivity index (χ3v) is 11.4. The number of fused-ring (bicyclic) bond motifs is 9. The second-order valence-corrected chi connectivity index (χ2v) is 14.2. The first-order valence-corrected chi connectivity index (χ1v) is 18.2. The van der Waals surface area contributed by atoms with E-state index in [1.807, 2.05) is 12.1 Å². The van der Waals surface area contributed by atoms with E-state index in [4.69, 9.17) is 8.83 Å². The van der Waals surface area contributed by atoms with Crippen molar-refractivity contribution in [1.82, 2.24) is 0 Å². The van der Waals surface area contributed by atoms with Crippen molar-refractivity contribution < 1.29 is 8.83 Å². The van der Waals surface area contributed by atoms with Crippen LogP contribution in [0.2, 0.25) is 0 Å². The highest BCUT2D eigenvalue weighted by atomic mass is 16.3. The molecule has 3 nitrogen and oxygen atoms in total. The number of rotatable bonds is 5. The third-order valence-electron chi connectivity index (χ3n) is 11.4. The number of nitrogens with zero attached hydrogens (tertiary/aromatic N) is 1. The van der Waals surface area contributed by atoms with Crippen molar-refractivity contribution >= 4 is 60.9 Å². The van der Waals surface area contributed by atoms with Crippen LogP contribution in [0, 0.1) is 0 Å². The van der Waals surface area contributed by atoms with Gasteiger partial charge >= 0.3 is 0 Å². The molecule has 8 aromatic carbocycles. The largest absolute Gasteiger partial charge is 0.456 e. The van der Waals surface area contributed by atoms with E-state index in [-0.39, 0.29) is 5.41 Å². The van der Waals surface area contributed by atoms with E-state index in [0.29, 0.717) is 0 Å². The lowest BCUT2D eigenvalue weighted by Crippen LogP contribution is -2.22. The van der Waals surface area contributed by atoms with Gasteiger partial charge in [0.25, 0.3) is 0 Å². The van der Waals surface area contributed by atoms with Gasteiger partial charge in [-0.3, -0.25) is 0 Å².